The minimum absolute atomic E-state index is 0.763. The lowest BCUT2D eigenvalue weighted by Gasteiger charge is -2.45. The van der Waals surface area contributed by atoms with Gasteiger partial charge in [-0.1, -0.05) is 28.4 Å². The molecule has 0 spiro atoms. The third kappa shape index (κ3) is 3.02. The van der Waals surface area contributed by atoms with Gasteiger partial charge in [0.2, 0.25) is 0 Å². The molecule has 0 amide bonds. The Morgan fingerprint density at radius 3 is 3.00 bits per heavy atom. The Balaban J connectivity index is 1.80. The molecule has 3 nitrogen and oxygen atoms in total. The summed E-state index contributed by atoms with van der Waals surface area (Å²) in [6, 6.07) is 7.43. The number of rotatable bonds is 3. The first kappa shape index (κ1) is 14.4. The molecule has 20 heavy (non-hydrogen) atoms. The molecule has 2 heterocycles. The number of fused-ring (bicyclic) bond motifs is 1. The van der Waals surface area contributed by atoms with Gasteiger partial charge >= 0.3 is 0 Å². The molecule has 0 aromatic heterocycles. The fourth-order valence-electron chi connectivity index (χ4n) is 3.55. The number of nitrogens with one attached hydrogen (secondary N) is 1. The zero-order valence-corrected chi connectivity index (χ0v) is 13.8. The van der Waals surface area contributed by atoms with Crippen molar-refractivity contribution in [3.63, 3.8) is 0 Å². The lowest BCUT2D eigenvalue weighted by molar-refractivity contribution is 0.133. The molecule has 110 valence electrons. The number of hydrogen-bond donors (Lipinski definition) is 1. The van der Waals surface area contributed by atoms with Crippen LogP contribution in [0.5, 0.6) is 0 Å². The Morgan fingerprint density at radius 2 is 2.15 bits per heavy atom. The van der Waals surface area contributed by atoms with E-state index in [2.05, 4.69) is 49.2 Å². The molecule has 1 atom stereocenters. The molecule has 2 aliphatic heterocycles. The molecule has 0 aliphatic carbocycles. The SMILES string of the molecule is CNCc1ccc(Br)cc1N1CCN2CCCCC2C1. The summed E-state index contributed by atoms with van der Waals surface area (Å²) in [6.07, 6.45) is 4.15. The maximum atomic E-state index is 3.63. The molecule has 1 unspecified atom stereocenters. The average molecular weight is 338 g/mol. The van der Waals surface area contributed by atoms with Crippen molar-refractivity contribution in [3.8, 4) is 0 Å². The van der Waals surface area contributed by atoms with Gasteiger partial charge in [0, 0.05) is 42.4 Å². The van der Waals surface area contributed by atoms with Crippen molar-refractivity contribution in [1.82, 2.24) is 10.2 Å². The highest BCUT2D eigenvalue weighted by atomic mass is 79.9. The van der Waals surface area contributed by atoms with Crippen molar-refractivity contribution in [3.05, 3.63) is 28.2 Å². The topological polar surface area (TPSA) is 18.5 Å². The van der Waals surface area contributed by atoms with Crippen LogP contribution in [0.25, 0.3) is 0 Å². The third-order valence-electron chi connectivity index (χ3n) is 4.59. The second-order valence-electron chi connectivity index (χ2n) is 5.93. The van der Waals surface area contributed by atoms with Crippen LogP contribution in [0.1, 0.15) is 24.8 Å². The average Bonchev–Trinajstić information content (AvgIpc) is 2.49. The first-order valence-corrected chi connectivity index (χ1v) is 8.49. The van der Waals surface area contributed by atoms with Crippen LogP contribution in [0, 0.1) is 0 Å². The van der Waals surface area contributed by atoms with Gasteiger partial charge in [0.1, 0.15) is 0 Å². The van der Waals surface area contributed by atoms with Crippen molar-refractivity contribution in [2.75, 3.05) is 38.1 Å². The minimum Gasteiger partial charge on any atom is -0.368 e. The van der Waals surface area contributed by atoms with Gasteiger partial charge in [-0.3, -0.25) is 4.90 Å². The third-order valence-corrected chi connectivity index (χ3v) is 5.09. The molecule has 3 rings (SSSR count). The standard InChI is InChI=1S/C16H24BrN3/c1-18-11-13-5-6-14(17)10-16(13)20-9-8-19-7-3-2-4-15(19)12-20/h5-6,10,15,18H,2-4,7-9,11-12H2,1H3. The van der Waals surface area contributed by atoms with Crippen molar-refractivity contribution >= 4 is 21.6 Å². The number of halogens is 1. The Bertz CT molecular complexity index is 463. The summed E-state index contributed by atoms with van der Waals surface area (Å²) in [5.74, 6) is 0. The molecule has 0 radical (unpaired) electrons. The predicted molar refractivity (Wildman–Crippen MR) is 88.3 cm³/mol. The summed E-state index contributed by atoms with van der Waals surface area (Å²) in [7, 11) is 2.02. The van der Waals surface area contributed by atoms with E-state index in [4.69, 9.17) is 0 Å². The second-order valence-corrected chi connectivity index (χ2v) is 6.85. The van der Waals surface area contributed by atoms with E-state index in [1.54, 1.807) is 0 Å². The first-order valence-electron chi connectivity index (χ1n) is 7.70. The van der Waals surface area contributed by atoms with Gasteiger partial charge in [0.25, 0.3) is 0 Å². The van der Waals surface area contributed by atoms with Gasteiger partial charge in [-0.05, 0) is 44.1 Å². The summed E-state index contributed by atoms with van der Waals surface area (Å²) in [4.78, 5) is 5.28. The minimum atomic E-state index is 0.763. The summed E-state index contributed by atoms with van der Waals surface area (Å²) >= 11 is 3.63. The largest absolute Gasteiger partial charge is 0.368 e. The molecule has 4 heteroatoms. The van der Waals surface area contributed by atoms with E-state index in [0.717, 1.165) is 19.1 Å². The van der Waals surface area contributed by atoms with Gasteiger partial charge in [0.15, 0.2) is 0 Å². The lowest BCUT2D eigenvalue weighted by atomic mass is 9.98. The molecular weight excluding hydrogens is 314 g/mol. The first-order chi connectivity index (χ1) is 9.78. The zero-order chi connectivity index (χ0) is 13.9. The number of anilines is 1. The van der Waals surface area contributed by atoms with E-state index >= 15 is 0 Å². The Hall–Kier alpha value is -0.580. The van der Waals surface area contributed by atoms with E-state index in [-0.39, 0.29) is 0 Å². The normalized spacial score (nSPS) is 23.7. The number of nitrogens with zero attached hydrogens (tertiary/aromatic N) is 2. The molecular formula is C16H24BrN3. The lowest BCUT2D eigenvalue weighted by Crippen LogP contribution is -2.55. The number of hydrogen-bond acceptors (Lipinski definition) is 3. The highest BCUT2D eigenvalue weighted by molar-refractivity contribution is 9.10. The quantitative estimate of drug-likeness (QED) is 0.914. The molecule has 2 saturated heterocycles. The van der Waals surface area contributed by atoms with Gasteiger partial charge in [-0.15, -0.1) is 0 Å². The van der Waals surface area contributed by atoms with Crippen LogP contribution in [-0.2, 0) is 6.54 Å². The molecule has 0 bridgehead atoms. The smallest absolute Gasteiger partial charge is 0.0424 e. The number of benzene rings is 1. The summed E-state index contributed by atoms with van der Waals surface area (Å²) in [5.41, 5.74) is 2.80. The van der Waals surface area contributed by atoms with Crippen LogP contribution in [-0.4, -0.2) is 44.2 Å². The van der Waals surface area contributed by atoms with E-state index in [9.17, 15) is 0 Å². The van der Waals surface area contributed by atoms with Gasteiger partial charge < -0.3 is 10.2 Å². The van der Waals surface area contributed by atoms with Crippen LogP contribution in [0.4, 0.5) is 5.69 Å². The van der Waals surface area contributed by atoms with Crippen molar-refractivity contribution in [2.45, 2.75) is 31.8 Å². The maximum absolute atomic E-state index is 3.63. The highest BCUT2D eigenvalue weighted by Crippen LogP contribution is 2.29. The molecule has 1 aromatic carbocycles. The Morgan fingerprint density at radius 1 is 1.25 bits per heavy atom. The molecule has 1 aromatic rings. The summed E-state index contributed by atoms with van der Waals surface area (Å²) < 4.78 is 1.18. The van der Waals surface area contributed by atoms with Crippen LogP contribution >= 0.6 is 15.9 Å². The highest BCUT2D eigenvalue weighted by Gasteiger charge is 2.29. The fraction of sp³-hybridized carbons (Fsp3) is 0.625. The van der Waals surface area contributed by atoms with Crippen molar-refractivity contribution in [1.29, 1.82) is 0 Å². The van der Waals surface area contributed by atoms with Crippen molar-refractivity contribution < 1.29 is 0 Å². The monoisotopic (exact) mass is 337 g/mol. The van der Waals surface area contributed by atoms with Crippen LogP contribution in [0.2, 0.25) is 0 Å². The van der Waals surface area contributed by atoms with E-state index in [1.807, 2.05) is 7.05 Å². The summed E-state index contributed by atoms with van der Waals surface area (Å²) in [5, 5.41) is 3.29. The van der Waals surface area contributed by atoms with E-state index in [0.29, 0.717) is 0 Å². The van der Waals surface area contributed by atoms with E-state index in [1.165, 1.54) is 54.6 Å². The van der Waals surface area contributed by atoms with Gasteiger partial charge in [-0.2, -0.15) is 0 Å². The zero-order valence-electron chi connectivity index (χ0n) is 12.2. The van der Waals surface area contributed by atoms with Crippen LogP contribution in [0.3, 0.4) is 0 Å². The molecule has 2 aliphatic rings. The van der Waals surface area contributed by atoms with Gasteiger partial charge in [0.05, 0.1) is 0 Å². The fourth-order valence-corrected chi connectivity index (χ4v) is 3.90. The Kier molecular flexibility index (Phi) is 4.64. The number of piperidine rings is 1. The molecule has 0 saturated carbocycles. The Labute approximate surface area is 130 Å². The molecule has 2 fully saturated rings. The maximum Gasteiger partial charge on any atom is 0.0424 e. The molecule has 1 N–H and O–H groups in total. The van der Waals surface area contributed by atoms with Crippen LogP contribution < -0.4 is 10.2 Å². The van der Waals surface area contributed by atoms with Gasteiger partial charge in [-0.25, -0.2) is 0 Å². The van der Waals surface area contributed by atoms with E-state index < -0.39 is 0 Å². The predicted octanol–water partition coefficient (Wildman–Crippen LogP) is 2.84. The van der Waals surface area contributed by atoms with Crippen molar-refractivity contribution in [2.24, 2.45) is 0 Å². The second kappa shape index (κ2) is 6.46. The number of piperazine rings is 1. The summed E-state index contributed by atoms with van der Waals surface area (Å²) in [6.45, 7) is 5.81. The van der Waals surface area contributed by atoms with Crippen LogP contribution in [0.15, 0.2) is 22.7 Å².